The molecule has 0 spiro atoms. The normalized spacial score (nSPS) is 30.5. The van der Waals surface area contributed by atoms with Crippen molar-refractivity contribution in [3.63, 3.8) is 0 Å². The zero-order valence-electron chi connectivity index (χ0n) is 13.2. The van der Waals surface area contributed by atoms with Gasteiger partial charge < -0.3 is 15.7 Å². The van der Waals surface area contributed by atoms with E-state index in [0.29, 0.717) is 18.8 Å². The summed E-state index contributed by atoms with van der Waals surface area (Å²) in [6.45, 7) is 4.11. The first-order valence-electron chi connectivity index (χ1n) is 8.27. The largest absolute Gasteiger partial charge is 0.480 e. The van der Waals surface area contributed by atoms with Crippen LogP contribution >= 0.6 is 0 Å². The molecule has 2 saturated carbocycles. The monoisotopic (exact) mass is 296 g/mol. The predicted octanol–water partition coefficient (Wildman–Crippen LogP) is 2.90. The smallest absolute Gasteiger partial charge is 0.329 e. The molecule has 2 aliphatic rings. The molecule has 0 bridgehead atoms. The van der Waals surface area contributed by atoms with Gasteiger partial charge in [0.25, 0.3) is 0 Å². The topological polar surface area (TPSA) is 78.4 Å². The van der Waals surface area contributed by atoms with Gasteiger partial charge >= 0.3 is 12.0 Å². The molecule has 0 saturated heterocycles. The lowest BCUT2D eigenvalue weighted by atomic mass is 9.76. The number of amides is 2. The minimum Gasteiger partial charge on any atom is -0.480 e. The van der Waals surface area contributed by atoms with Crippen LogP contribution < -0.4 is 10.6 Å². The maximum absolute atomic E-state index is 12.2. The first kappa shape index (κ1) is 16.1. The van der Waals surface area contributed by atoms with Gasteiger partial charge in [0.1, 0.15) is 5.54 Å². The number of carboxylic acid groups (broad SMARTS) is 1. The number of aliphatic carboxylic acids is 1. The molecule has 0 aromatic carbocycles. The Labute approximate surface area is 126 Å². The molecule has 2 fully saturated rings. The molecule has 3 atom stereocenters. The summed E-state index contributed by atoms with van der Waals surface area (Å²) in [5.74, 6) is 0.182. The van der Waals surface area contributed by atoms with E-state index in [4.69, 9.17) is 0 Å². The van der Waals surface area contributed by atoms with Crippen molar-refractivity contribution in [2.24, 2.45) is 11.8 Å². The molecule has 3 N–H and O–H groups in total. The minimum atomic E-state index is -1.08. The van der Waals surface area contributed by atoms with Crippen molar-refractivity contribution in [2.75, 3.05) is 0 Å². The Morgan fingerprint density at radius 3 is 2.57 bits per heavy atom. The second-order valence-electron chi connectivity index (χ2n) is 6.97. The van der Waals surface area contributed by atoms with Crippen LogP contribution in [0.2, 0.25) is 0 Å². The van der Waals surface area contributed by atoms with Crippen LogP contribution in [0, 0.1) is 11.8 Å². The van der Waals surface area contributed by atoms with E-state index in [2.05, 4.69) is 24.5 Å². The molecule has 0 radical (unpaired) electrons. The Kier molecular flexibility index (Phi) is 5.12. The lowest BCUT2D eigenvalue weighted by molar-refractivity contribution is -0.146. The van der Waals surface area contributed by atoms with Crippen molar-refractivity contribution in [3.05, 3.63) is 0 Å². The van der Waals surface area contributed by atoms with Crippen molar-refractivity contribution in [1.82, 2.24) is 10.6 Å². The van der Waals surface area contributed by atoms with Crippen molar-refractivity contribution in [1.29, 1.82) is 0 Å². The second kappa shape index (κ2) is 6.67. The van der Waals surface area contributed by atoms with Gasteiger partial charge in [-0.05, 0) is 37.5 Å². The van der Waals surface area contributed by atoms with Crippen LogP contribution in [0.15, 0.2) is 0 Å². The summed E-state index contributed by atoms with van der Waals surface area (Å²) in [4.78, 5) is 23.9. The van der Waals surface area contributed by atoms with Crippen molar-refractivity contribution in [3.8, 4) is 0 Å². The highest BCUT2D eigenvalue weighted by molar-refractivity contribution is 5.86. The van der Waals surface area contributed by atoms with E-state index in [1.165, 1.54) is 12.8 Å². The Morgan fingerprint density at radius 2 is 2.05 bits per heavy atom. The molecule has 21 heavy (non-hydrogen) atoms. The first-order valence-corrected chi connectivity index (χ1v) is 8.27. The van der Waals surface area contributed by atoms with Gasteiger partial charge in [-0.25, -0.2) is 9.59 Å². The quantitative estimate of drug-likeness (QED) is 0.705. The highest BCUT2D eigenvalue weighted by Gasteiger charge is 2.43. The fourth-order valence-electron chi connectivity index (χ4n) is 3.43. The highest BCUT2D eigenvalue weighted by Crippen LogP contribution is 2.34. The Hall–Kier alpha value is -1.26. The molecule has 3 unspecified atom stereocenters. The fourth-order valence-corrected chi connectivity index (χ4v) is 3.43. The van der Waals surface area contributed by atoms with E-state index >= 15 is 0 Å². The molecule has 2 rings (SSSR count). The summed E-state index contributed by atoms with van der Waals surface area (Å²) in [5.41, 5.74) is -1.08. The van der Waals surface area contributed by atoms with Crippen LogP contribution in [0.4, 0.5) is 4.79 Å². The molecule has 0 aliphatic heterocycles. The first-order chi connectivity index (χ1) is 9.95. The lowest BCUT2D eigenvalue weighted by Crippen LogP contribution is -2.60. The third kappa shape index (κ3) is 4.35. The van der Waals surface area contributed by atoms with Crippen molar-refractivity contribution < 1.29 is 14.7 Å². The molecule has 2 amide bonds. The zero-order valence-corrected chi connectivity index (χ0v) is 13.2. The van der Waals surface area contributed by atoms with Gasteiger partial charge in [-0.2, -0.15) is 0 Å². The molecular weight excluding hydrogens is 268 g/mol. The molecule has 0 heterocycles. The average molecular weight is 296 g/mol. The lowest BCUT2D eigenvalue weighted by Gasteiger charge is -2.37. The van der Waals surface area contributed by atoms with Crippen LogP contribution in [-0.4, -0.2) is 28.7 Å². The number of hydrogen-bond acceptors (Lipinski definition) is 2. The Bertz CT molecular complexity index is 395. The maximum atomic E-state index is 12.2. The van der Waals surface area contributed by atoms with Gasteiger partial charge in [0.2, 0.25) is 0 Å². The molecule has 5 nitrogen and oxygen atoms in total. The number of carbonyl (C=O) groups is 2. The van der Waals surface area contributed by atoms with Gasteiger partial charge in [-0.15, -0.1) is 0 Å². The second-order valence-corrected chi connectivity index (χ2v) is 6.97. The van der Waals surface area contributed by atoms with Gasteiger partial charge in [-0.3, -0.25) is 0 Å². The number of rotatable bonds is 6. The molecular formula is C16H28N2O3. The van der Waals surface area contributed by atoms with E-state index in [1.54, 1.807) is 0 Å². The van der Waals surface area contributed by atoms with Crippen LogP contribution in [-0.2, 0) is 4.79 Å². The molecule has 5 heteroatoms. The zero-order chi connectivity index (χ0) is 15.5. The SMILES string of the molecule is CCC(CC1CC1)NC(=O)NC1(C(=O)O)CCCC(C)C1. The Balaban J connectivity index is 1.92. The number of carbonyl (C=O) groups excluding carboxylic acids is 1. The molecule has 0 aromatic heterocycles. The van der Waals surface area contributed by atoms with Crippen LogP contribution in [0.25, 0.3) is 0 Å². The van der Waals surface area contributed by atoms with E-state index < -0.39 is 11.5 Å². The third-order valence-electron chi connectivity index (χ3n) is 4.90. The van der Waals surface area contributed by atoms with E-state index in [-0.39, 0.29) is 12.1 Å². The number of urea groups is 1. The minimum absolute atomic E-state index is 0.157. The van der Waals surface area contributed by atoms with E-state index in [0.717, 1.165) is 31.6 Å². The van der Waals surface area contributed by atoms with Gasteiger partial charge in [0.15, 0.2) is 0 Å². The van der Waals surface area contributed by atoms with Gasteiger partial charge in [0.05, 0.1) is 0 Å². The van der Waals surface area contributed by atoms with Crippen molar-refractivity contribution >= 4 is 12.0 Å². The van der Waals surface area contributed by atoms with E-state index in [1.807, 2.05) is 0 Å². The number of carboxylic acids is 1. The van der Waals surface area contributed by atoms with Crippen LogP contribution in [0.1, 0.15) is 65.2 Å². The molecule has 2 aliphatic carbocycles. The van der Waals surface area contributed by atoms with Crippen molar-refractivity contribution in [2.45, 2.75) is 76.8 Å². The highest BCUT2D eigenvalue weighted by atomic mass is 16.4. The number of hydrogen-bond donors (Lipinski definition) is 3. The third-order valence-corrected chi connectivity index (χ3v) is 4.90. The average Bonchev–Trinajstić information content (AvgIpc) is 3.21. The molecule has 120 valence electrons. The van der Waals surface area contributed by atoms with Crippen LogP contribution in [0.5, 0.6) is 0 Å². The number of nitrogens with one attached hydrogen (secondary N) is 2. The Morgan fingerprint density at radius 1 is 1.33 bits per heavy atom. The summed E-state index contributed by atoms with van der Waals surface area (Å²) >= 11 is 0. The maximum Gasteiger partial charge on any atom is 0.329 e. The summed E-state index contributed by atoms with van der Waals surface area (Å²) in [7, 11) is 0. The standard InChI is InChI=1S/C16H28N2O3/c1-3-13(9-12-6-7-12)17-15(21)18-16(14(19)20)8-4-5-11(2)10-16/h11-13H,3-10H2,1-2H3,(H,19,20)(H2,17,18,21). The summed E-state index contributed by atoms with van der Waals surface area (Å²) in [6, 6.07) is -0.164. The van der Waals surface area contributed by atoms with Gasteiger partial charge in [0, 0.05) is 6.04 Å². The van der Waals surface area contributed by atoms with Gasteiger partial charge in [-0.1, -0.05) is 39.5 Å². The summed E-state index contributed by atoms with van der Waals surface area (Å²) in [6.07, 6.45) is 7.37. The van der Waals surface area contributed by atoms with E-state index in [9.17, 15) is 14.7 Å². The summed E-state index contributed by atoms with van der Waals surface area (Å²) < 4.78 is 0. The molecule has 0 aromatic rings. The fraction of sp³-hybridized carbons (Fsp3) is 0.875. The van der Waals surface area contributed by atoms with Crippen LogP contribution in [0.3, 0.4) is 0 Å². The predicted molar refractivity (Wildman–Crippen MR) is 81.1 cm³/mol. The summed E-state index contributed by atoms with van der Waals surface area (Å²) in [5, 5.41) is 15.3.